The van der Waals surface area contributed by atoms with Crippen molar-refractivity contribution in [1.29, 1.82) is 0 Å². The minimum atomic E-state index is -0.465. The van der Waals surface area contributed by atoms with E-state index >= 15 is 0 Å². The molecule has 6 nitrogen and oxygen atoms in total. The van der Waals surface area contributed by atoms with E-state index in [4.69, 9.17) is 0 Å². The maximum Gasteiger partial charge on any atom is 0.269 e. The van der Waals surface area contributed by atoms with Crippen molar-refractivity contribution in [2.24, 2.45) is 10.2 Å². The van der Waals surface area contributed by atoms with Gasteiger partial charge in [0.05, 0.1) is 16.8 Å². The van der Waals surface area contributed by atoms with Crippen LogP contribution < -0.4 is 0 Å². The van der Waals surface area contributed by atoms with Gasteiger partial charge in [-0.05, 0) is 41.0 Å². The molecule has 0 N–H and O–H groups in total. The van der Waals surface area contributed by atoms with Gasteiger partial charge in [-0.25, -0.2) is 0 Å². The molecule has 0 aliphatic heterocycles. The van der Waals surface area contributed by atoms with Gasteiger partial charge in [0.25, 0.3) is 5.69 Å². The number of carbonyl (C=O) groups is 1. The zero-order valence-electron chi connectivity index (χ0n) is 16.4. The number of nitro benzene ring substituents is 1. The van der Waals surface area contributed by atoms with Gasteiger partial charge in [-0.1, -0.05) is 60.7 Å². The van der Waals surface area contributed by atoms with E-state index in [0.717, 1.165) is 16.7 Å². The van der Waals surface area contributed by atoms with Crippen LogP contribution in [-0.2, 0) is 4.79 Å². The number of hydrogen-bond donors (Lipinski definition) is 0. The van der Waals surface area contributed by atoms with Gasteiger partial charge in [-0.15, -0.1) is 0 Å². The molecule has 0 atom stereocenters. The molecule has 0 unspecified atom stereocenters. The molecule has 0 heterocycles. The van der Waals surface area contributed by atoms with E-state index in [9.17, 15) is 14.9 Å². The van der Waals surface area contributed by atoms with E-state index in [0.29, 0.717) is 16.8 Å². The summed E-state index contributed by atoms with van der Waals surface area (Å²) in [5, 5.41) is 19.0. The number of hydrogen-bond acceptors (Lipinski definition) is 5. The zero-order valence-corrected chi connectivity index (χ0v) is 16.4. The van der Waals surface area contributed by atoms with E-state index in [1.54, 1.807) is 18.4 Å². The van der Waals surface area contributed by atoms with Gasteiger partial charge >= 0.3 is 0 Å². The van der Waals surface area contributed by atoms with E-state index in [1.807, 2.05) is 60.7 Å². The highest BCUT2D eigenvalue weighted by Crippen LogP contribution is 2.32. The van der Waals surface area contributed by atoms with Crippen LogP contribution >= 0.6 is 0 Å². The molecule has 3 aromatic rings. The molecule has 150 valence electrons. The minimum Gasteiger partial charge on any atom is -0.289 e. The van der Waals surface area contributed by atoms with Gasteiger partial charge in [-0.2, -0.15) is 10.2 Å². The Kier molecular flexibility index (Phi) is 5.71. The molecule has 31 heavy (non-hydrogen) atoms. The van der Waals surface area contributed by atoms with Crippen molar-refractivity contribution in [2.45, 2.75) is 0 Å². The predicted molar refractivity (Wildman–Crippen MR) is 120 cm³/mol. The highest BCUT2D eigenvalue weighted by atomic mass is 16.6. The summed E-state index contributed by atoms with van der Waals surface area (Å²) in [7, 11) is 0. The Balaban J connectivity index is 1.69. The van der Waals surface area contributed by atoms with Gasteiger partial charge in [0, 0.05) is 23.3 Å². The van der Waals surface area contributed by atoms with Crippen molar-refractivity contribution in [1.82, 2.24) is 0 Å². The first kappa shape index (κ1) is 19.8. The summed E-state index contributed by atoms with van der Waals surface area (Å²) < 4.78 is 0. The lowest BCUT2D eigenvalue weighted by Gasteiger charge is -2.16. The van der Waals surface area contributed by atoms with Crippen molar-refractivity contribution < 1.29 is 9.72 Å². The van der Waals surface area contributed by atoms with Crippen LogP contribution in [-0.4, -0.2) is 10.7 Å². The maximum atomic E-state index is 13.2. The maximum absolute atomic E-state index is 13.2. The fourth-order valence-corrected chi connectivity index (χ4v) is 3.19. The van der Waals surface area contributed by atoms with Crippen LogP contribution in [0.5, 0.6) is 0 Å². The van der Waals surface area contributed by atoms with E-state index in [2.05, 4.69) is 10.2 Å². The summed E-state index contributed by atoms with van der Waals surface area (Å²) in [5.74, 6) is -0.0538. The Morgan fingerprint density at radius 1 is 0.742 bits per heavy atom. The summed E-state index contributed by atoms with van der Waals surface area (Å²) in [4.78, 5) is 23.5. The first-order valence-corrected chi connectivity index (χ1v) is 9.56. The summed E-state index contributed by atoms with van der Waals surface area (Å²) >= 11 is 0. The van der Waals surface area contributed by atoms with Gasteiger partial charge in [0.15, 0.2) is 5.78 Å². The predicted octanol–water partition coefficient (Wildman–Crippen LogP) is 6.31. The fraction of sp³-hybridized carbons (Fsp3) is 0. The van der Waals surface area contributed by atoms with Gasteiger partial charge in [0.1, 0.15) is 0 Å². The highest BCUT2D eigenvalue weighted by molar-refractivity contribution is 6.43. The van der Waals surface area contributed by atoms with E-state index in [1.165, 1.54) is 24.3 Å². The first-order valence-electron chi connectivity index (χ1n) is 9.56. The second-order valence-electron chi connectivity index (χ2n) is 6.80. The van der Waals surface area contributed by atoms with Crippen LogP contribution in [0, 0.1) is 10.1 Å². The Hall–Kier alpha value is -4.45. The van der Waals surface area contributed by atoms with Gasteiger partial charge in [0.2, 0.25) is 0 Å². The van der Waals surface area contributed by atoms with E-state index in [-0.39, 0.29) is 11.5 Å². The molecule has 1 aliphatic carbocycles. The number of carbonyl (C=O) groups excluding carboxylic acids is 1. The third-order valence-electron chi connectivity index (χ3n) is 4.72. The lowest BCUT2D eigenvalue weighted by atomic mass is 9.86. The largest absolute Gasteiger partial charge is 0.289 e. The molecule has 0 radical (unpaired) electrons. The zero-order chi connectivity index (χ0) is 21.6. The number of azo groups is 1. The van der Waals surface area contributed by atoms with Crippen molar-refractivity contribution in [3.05, 3.63) is 130 Å². The number of nitro groups is 1. The van der Waals surface area contributed by atoms with E-state index < -0.39 is 4.92 Å². The summed E-state index contributed by atoms with van der Waals surface area (Å²) in [5.41, 5.74) is 4.03. The Morgan fingerprint density at radius 2 is 1.26 bits per heavy atom. The minimum absolute atomic E-state index is 0.00558. The fourth-order valence-electron chi connectivity index (χ4n) is 3.19. The van der Waals surface area contributed by atoms with Crippen LogP contribution in [0.3, 0.4) is 0 Å². The van der Waals surface area contributed by atoms with Crippen molar-refractivity contribution in [3.63, 3.8) is 0 Å². The molecule has 0 saturated heterocycles. The number of Topliss-reactive ketones (excluding diaryl/α,β-unsaturated/α-hetero) is 1. The molecule has 6 heteroatoms. The summed E-state index contributed by atoms with van der Waals surface area (Å²) in [6.45, 7) is 0. The topological polar surface area (TPSA) is 84.9 Å². The lowest BCUT2D eigenvalue weighted by molar-refractivity contribution is -0.384. The van der Waals surface area contributed by atoms with Gasteiger partial charge < -0.3 is 0 Å². The quantitative estimate of drug-likeness (QED) is 0.282. The number of ketones is 1. The highest BCUT2D eigenvalue weighted by Gasteiger charge is 2.22. The molecule has 0 amide bonds. The standard InChI is InChI=1S/C25H17N3O3/c29-25-23(19-7-3-1-4-8-19)15-18(16-24(25)20-9-5-2-6-10-20)17-26-27-21-11-13-22(14-12-21)28(30)31/h1-17H. The molecule has 3 aromatic carbocycles. The first-order chi connectivity index (χ1) is 15.1. The molecular formula is C25H17N3O3. The number of nitrogens with zero attached hydrogens (tertiary/aromatic N) is 3. The average molecular weight is 407 g/mol. The number of non-ortho nitro benzene ring substituents is 1. The third-order valence-corrected chi connectivity index (χ3v) is 4.72. The molecule has 0 fully saturated rings. The monoisotopic (exact) mass is 407 g/mol. The van der Waals surface area contributed by atoms with Crippen molar-refractivity contribution in [3.8, 4) is 0 Å². The van der Waals surface area contributed by atoms with Crippen LogP contribution in [0.4, 0.5) is 11.4 Å². The molecule has 0 spiro atoms. The summed E-state index contributed by atoms with van der Waals surface area (Å²) in [6, 6.07) is 24.8. The average Bonchev–Trinajstić information content (AvgIpc) is 2.81. The van der Waals surface area contributed by atoms with Crippen molar-refractivity contribution in [2.75, 3.05) is 0 Å². The lowest BCUT2D eigenvalue weighted by Crippen LogP contribution is -2.09. The molecule has 1 aliphatic rings. The Bertz CT molecular complexity index is 1180. The molecule has 0 saturated carbocycles. The molecule has 0 bridgehead atoms. The molecule has 0 aromatic heterocycles. The number of benzene rings is 3. The van der Waals surface area contributed by atoms with Crippen LogP contribution in [0.2, 0.25) is 0 Å². The van der Waals surface area contributed by atoms with Crippen molar-refractivity contribution >= 4 is 28.3 Å². The second kappa shape index (κ2) is 8.92. The SMILES string of the molecule is O=C1C(c2ccccc2)=CC(=CN=Nc2ccc([N+](=O)[O-])cc2)C=C1c1ccccc1. The molecular weight excluding hydrogens is 390 g/mol. The van der Waals surface area contributed by atoms with Crippen LogP contribution in [0.25, 0.3) is 11.1 Å². The Morgan fingerprint density at radius 3 is 1.74 bits per heavy atom. The molecule has 4 rings (SSSR count). The van der Waals surface area contributed by atoms with Crippen LogP contribution in [0.1, 0.15) is 11.1 Å². The van der Waals surface area contributed by atoms with Crippen LogP contribution in [0.15, 0.2) is 119 Å². The normalized spacial score (nSPS) is 13.7. The smallest absolute Gasteiger partial charge is 0.269 e. The number of allylic oxidation sites excluding steroid dienone is 5. The second-order valence-corrected chi connectivity index (χ2v) is 6.80. The summed E-state index contributed by atoms with van der Waals surface area (Å²) in [6.07, 6.45) is 5.15. The Labute approximate surface area is 178 Å². The number of rotatable bonds is 5. The third kappa shape index (κ3) is 4.59. The van der Waals surface area contributed by atoms with Gasteiger partial charge in [-0.3, -0.25) is 14.9 Å².